The van der Waals surface area contributed by atoms with E-state index in [2.05, 4.69) is 10.9 Å². The summed E-state index contributed by atoms with van der Waals surface area (Å²) in [4.78, 5) is 42.8. The van der Waals surface area contributed by atoms with Gasteiger partial charge in [0.25, 0.3) is 17.3 Å². The summed E-state index contributed by atoms with van der Waals surface area (Å²) >= 11 is 0. The van der Waals surface area contributed by atoms with E-state index in [9.17, 15) is 29.8 Å². The van der Waals surface area contributed by atoms with Crippen LogP contribution in [0.1, 0.15) is 23.2 Å². The molecule has 10 nitrogen and oxygen atoms in total. The largest absolute Gasteiger partial charge is 0.277 e. The molecule has 1 saturated carbocycles. The van der Waals surface area contributed by atoms with Gasteiger partial charge in [-0.15, -0.1) is 0 Å². The Morgan fingerprint density at radius 2 is 1.52 bits per heavy atom. The van der Waals surface area contributed by atoms with Crippen LogP contribution in [-0.4, -0.2) is 21.7 Å². The summed E-state index contributed by atoms with van der Waals surface area (Å²) < 4.78 is 0. The number of carbonyl (C=O) groups is 2. The number of benzene rings is 1. The Hall–Kier alpha value is -3.04. The van der Waals surface area contributed by atoms with Gasteiger partial charge in [0.15, 0.2) is 0 Å². The van der Waals surface area contributed by atoms with E-state index in [1.807, 2.05) is 0 Å². The minimum Gasteiger partial charge on any atom is -0.273 e. The fourth-order valence-electron chi connectivity index (χ4n) is 1.58. The molecule has 1 fully saturated rings. The van der Waals surface area contributed by atoms with Crippen molar-refractivity contribution in [3.8, 4) is 0 Å². The molecule has 0 aromatic heterocycles. The first kappa shape index (κ1) is 14.4. The first-order valence-corrected chi connectivity index (χ1v) is 5.92. The number of hydrogen-bond acceptors (Lipinski definition) is 6. The van der Waals surface area contributed by atoms with Crippen molar-refractivity contribution in [2.45, 2.75) is 12.8 Å². The summed E-state index contributed by atoms with van der Waals surface area (Å²) in [6.45, 7) is 0. The maximum Gasteiger partial charge on any atom is 0.277 e. The number of nitro groups is 2. The summed E-state index contributed by atoms with van der Waals surface area (Å²) in [6.07, 6.45) is 1.48. The molecule has 0 unspecified atom stereocenters. The fraction of sp³-hybridized carbons (Fsp3) is 0.273. The van der Waals surface area contributed by atoms with Gasteiger partial charge in [-0.05, 0) is 12.8 Å². The van der Waals surface area contributed by atoms with Gasteiger partial charge in [-0.2, -0.15) is 0 Å². The summed E-state index contributed by atoms with van der Waals surface area (Å²) in [5.74, 6) is -1.36. The van der Waals surface area contributed by atoms with Crippen LogP contribution in [0.3, 0.4) is 0 Å². The molecule has 2 amide bonds. The molecule has 0 bridgehead atoms. The van der Waals surface area contributed by atoms with Gasteiger partial charge in [-0.3, -0.25) is 40.7 Å². The first-order chi connectivity index (χ1) is 9.88. The Morgan fingerprint density at radius 3 is 1.95 bits per heavy atom. The molecule has 0 aliphatic heterocycles. The minimum atomic E-state index is -0.865. The number of amides is 2. The van der Waals surface area contributed by atoms with E-state index >= 15 is 0 Å². The van der Waals surface area contributed by atoms with Crippen LogP contribution in [0.25, 0.3) is 0 Å². The zero-order chi connectivity index (χ0) is 15.6. The van der Waals surface area contributed by atoms with Crippen LogP contribution in [0.15, 0.2) is 18.2 Å². The van der Waals surface area contributed by atoms with Crippen molar-refractivity contribution in [1.82, 2.24) is 10.9 Å². The lowest BCUT2D eigenvalue weighted by molar-refractivity contribution is -0.394. The normalized spacial score (nSPS) is 13.3. The second-order valence-corrected chi connectivity index (χ2v) is 4.47. The molecule has 1 aliphatic carbocycles. The second kappa shape index (κ2) is 5.53. The zero-order valence-corrected chi connectivity index (χ0v) is 10.6. The summed E-state index contributed by atoms with van der Waals surface area (Å²) in [5, 5.41) is 21.4. The summed E-state index contributed by atoms with van der Waals surface area (Å²) in [5.41, 5.74) is 2.78. The number of nitrogens with zero attached hydrogens (tertiary/aromatic N) is 2. The lowest BCUT2D eigenvalue weighted by Gasteiger charge is -2.06. The average molecular weight is 294 g/mol. The number of hydrazine groups is 1. The summed E-state index contributed by atoms with van der Waals surface area (Å²) in [7, 11) is 0. The third-order valence-electron chi connectivity index (χ3n) is 2.83. The smallest absolute Gasteiger partial charge is 0.273 e. The Labute approximate surface area is 117 Å². The SMILES string of the molecule is O=C(NNC(=O)C1CC1)c1cc([N+](=O)[O-])cc([N+](=O)[O-])c1. The van der Waals surface area contributed by atoms with Gasteiger partial charge < -0.3 is 0 Å². The summed E-state index contributed by atoms with van der Waals surface area (Å²) in [6, 6.07) is 2.54. The quantitative estimate of drug-likeness (QED) is 0.616. The third kappa shape index (κ3) is 3.49. The highest BCUT2D eigenvalue weighted by molar-refractivity contribution is 5.96. The zero-order valence-electron chi connectivity index (χ0n) is 10.6. The highest BCUT2D eigenvalue weighted by Gasteiger charge is 2.30. The maximum atomic E-state index is 11.8. The Morgan fingerprint density at radius 1 is 1.00 bits per heavy atom. The van der Waals surface area contributed by atoms with Crippen LogP contribution in [0, 0.1) is 26.1 Å². The third-order valence-corrected chi connectivity index (χ3v) is 2.83. The van der Waals surface area contributed by atoms with Crippen molar-refractivity contribution in [1.29, 1.82) is 0 Å². The van der Waals surface area contributed by atoms with Crippen LogP contribution in [0.4, 0.5) is 11.4 Å². The van der Waals surface area contributed by atoms with Gasteiger partial charge in [-0.1, -0.05) is 0 Å². The van der Waals surface area contributed by atoms with Crippen molar-refractivity contribution in [2.75, 3.05) is 0 Å². The topological polar surface area (TPSA) is 144 Å². The molecule has 0 spiro atoms. The molecule has 1 aromatic carbocycles. The predicted octanol–water partition coefficient (Wildman–Crippen LogP) is 0.674. The number of hydrogen-bond donors (Lipinski definition) is 2. The minimum absolute atomic E-state index is 0.134. The van der Waals surface area contributed by atoms with Crippen LogP contribution in [0.2, 0.25) is 0 Å². The van der Waals surface area contributed by atoms with Crippen molar-refractivity contribution >= 4 is 23.2 Å². The lowest BCUT2D eigenvalue weighted by Crippen LogP contribution is -2.42. The molecule has 10 heteroatoms. The molecular formula is C11H10N4O6. The Kier molecular flexibility index (Phi) is 3.78. The first-order valence-electron chi connectivity index (χ1n) is 5.92. The number of non-ortho nitro benzene ring substituents is 2. The molecule has 0 saturated heterocycles. The Balaban J connectivity index is 2.16. The molecular weight excluding hydrogens is 284 g/mol. The van der Waals surface area contributed by atoms with E-state index in [4.69, 9.17) is 0 Å². The van der Waals surface area contributed by atoms with Gasteiger partial charge >= 0.3 is 0 Å². The number of nitro benzene ring substituents is 2. The molecule has 21 heavy (non-hydrogen) atoms. The van der Waals surface area contributed by atoms with Crippen molar-refractivity contribution < 1.29 is 19.4 Å². The molecule has 1 aliphatic rings. The van der Waals surface area contributed by atoms with Crippen molar-refractivity contribution in [2.24, 2.45) is 5.92 Å². The van der Waals surface area contributed by atoms with Crippen LogP contribution < -0.4 is 10.9 Å². The van der Waals surface area contributed by atoms with Crippen LogP contribution >= 0.6 is 0 Å². The van der Waals surface area contributed by atoms with E-state index < -0.39 is 27.1 Å². The molecule has 1 aromatic rings. The number of rotatable bonds is 4. The van der Waals surface area contributed by atoms with E-state index in [-0.39, 0.29) is 17.4 Å². The average Bonchev–Trinajstić information content (AvgIpc) is 3.28. The number of carbonyl (C=O) groups excluding carboxylic acids is 2. The standard InChI is InChI=1S/C11H10N4O6/c16-10(6-1-2-6)12-13-11(17)7-3-8(14(18)19)5-9(4-7)15(20)21/h3-6H,1-2H2,(H,12,16)(H,13,17). The van der Waals surface area contributed by atoms with Gasteiger partial charge in [0, 0.05) is 18.1 Å². The highest BCUT2D eigenvalue weighted by Crippen LogP contribution is 2.28. The van der Waals surface area contributed by atoms with Crippen LogP contribution in [0.5, 0.6) is 0 Å². The van der Waals surface area contributed by atoms with E-state index in [0.29, 0.717) is 0 Å². The fourth-order valence-corrected chi connectivity index (χ4v) is 1.58. The molecule has 0 heterocycles. The van der Waals surface area contributed by atoms with Gasteiger partial charge in [0.1, 0.15) is 0 Å². The molecule has 110 valence electrons. The van der Waals surface area contributed by atoms with Gasteiger partial charge in [0.05, 0.1) is 21.5 Å². The van der Waals surface area contributed by atoms with Gasteiger partial charge in [-0.25, -0.2) is 0 Å². The highest BCUT2D eigenvalue weighted by atomic mass is 16.6. The predicted molar refractivity (Wildman–Crippen MR) is 68.1 cm³/mol. The van der Waals surface area contributed by atoms with E-state index in [1.165, 1.54) is 0 Å². The molecule has 0 radical (unpaired) electrons. The van der Waals surface area contributed by atoms with Gasteiger partial charge in [0.2, 0.25) is 5.91 Å². The van der Waals surface area contributed by atoms with E-state index in [1.54, 1.807) is 0 Å². The number of nitrogens with one attached hydrogen (secondary N) is 2. The van der Waals surface area contributed by atoms with Crippen molar-refractivity contribution in [3.05, 3.63) is 44.0 Å². The van der Waals surface area contributed by atoms with E-state index in [0.717, 1.165) is 31.0 Å². The maximum absolute atomic E-state index is 11.8. The lowest BCUT2D eigenvalue weighted by atomic mass is 10.1. The molecule has 2 N–H and O–H groups in total. The monoisotopic (exact) mass is 294 g/mol. The molecule has 2 rings (SSSR count). The molecule has 0 atom stereocenters. The van der Waals surface area contributed by atoms with Crippen LogP contribution in [-0.2, 0) is 4.79 Å². The Bertz CT molecular complexity index is 607. The van der Waals surface area contributed by atoms with Crippen molar-refractivity contribution in [3.63, 3.8) is 0 Å². The second-order valence-electron chi connectivity index (χ2n) is 4.47.